The van der Waals surface area contributed by atoms with E-state index in [2.05, 4.69) is 10.3 Å². The second-order valence-corrected chi connectivity index (χ2v) is 6.25. The molecule has 0 radical (unpaired) electrons. The molecule has 25 heavy (non-hydrogen) atoms. The van der Waals surface area contributed by atoms with E-state index in [-0.39, 0.29) is 30.7 Å². The van der Waals surface area contributed by atoms with Gasteiger partial charge in [-0.2, -0.15) is 0 Å². The first-order valence-electron chi connectivity index (χ1n) is 7.96. The Hall–Kier alpha value is -1.34. The molecule has 0 spiro atoms. The van der Waals surface area contributed by atoms with Crippen molar-refractivity contribution >= 4 is 42.1 Å². The number of carbonyl (C=O) groups excluding carboxylic acids is 1. The van der Waals surface area contributed by atoms with Gasteiger partial charge in [-0.3, -0.25) is 4.79 Å². The highest BCUT2D eigenvalue weighted by molar-refractivity contribution is 7.13. The number of amides is 1. The number of aromatic nitrogens is 1. The number of thiazole rings is 1. The third kappa shape index (κ3) is 5.57. The van der Waals surface area contributed by atoms with E-state index in [0.29, 0.717) is 12.3 Å². The molecule has 1 aliphatic heterocycles. The Morgan fingerprint density at radius 3 is 2.72 bits per heavy atom. The van der Waals surface area contributed by atoms with Crippen LogP contribution in [0.1, 0.15) is 23.8 Å². The van der Waals surface area contributed by atoms with Crippen LogP contribution >= 0.6 is 36.2 Å². The van der Waals surface area contributed by atoms with Crippen LogP contribution in [0.3, 0.4) is 0 Å². The van der Waals surface area contributed by atoms with Crippen LogP contribution in [-0.2, 0) is 0 Å². The summed E-state index contributed by atoms with van der Waals surface area (Å²) in [6.07, 6.45) is 0.988. The minimum absolute atomic E-state index is 0. The molecule has 0 atom stereocenters. The van der Waals surface area contributed by atoms with Gasteiger partial charge in [0.1, 0.15) is 16.5 Å². The Balaban J connectivity index is 0.00000156. The average Bonchev–Trinajstić information content (AvgIpc) is 2.91. The van der Waals surface area contributed by atoms with Gasteiger partial charge < -0.3 is 15.0 Å². The highest BCUT2D eigenvalue weighted by Gasteiger charge is 2.20. The Labute approximate surface area is 164 Å². The number of nitrogens with one attached hydrogen (secondary N) is 1. The van der Waals surface area contributed by atoms with Crippen molar-refractivity contribution in [2.24, 2.45) is 0 Å². The highest BCUT2D eigenvalue weighted by atomic mass is 35.5. The van der Waals surface area contributed by atoms with Crippen LogP contribution in [0, 0.1) is 0 Å². The lowest BCUT2D eigenvalue weighted by molar-refractivity contribution is 0.0761. The molecule has 138 valence electrons. The fourth-order valence-corrected chi connectivity index (χ4v) is 3.38. The molecule has 1 fully saturated rings. The summed E-state index contributed by atoms with van der Waals surface area (Å²) in [6.45, 7) is 5.97. The van der Waals surface area contributed by atoms with E-state index in [1.807, 2.05) is 41.5 Å². The van der Waals surface area contributed by atoms with Gasteiger partial charge in [0.25, 0.3) is 5.91 Å². The minimum Gasteiger partial charge on any atom is -0.494 e. The average molecular weight is 404 g/mol. The number of rotatable bonds is 4. The normalized spacial score (nSPS) is 14.0. The standard InChI is InChI=1S/C17H21N3O2S.2ClH/c1-2-22-14-6-4-13(5-7-14)16-19-15(12-23-16)17(21)20-10-3-8-18-9-11-20;;/h4-7,12,18H,2-3,8-11H2,1H3;2*1H. The molecule has 5 nitrogen and oxygen atoms in total. The molecular formula is C17H23Cl2N3O2S. The first-order valence-corrected chi connectivity index (χ1v) is 8.84. The molecule has 1 aliphatic rings. The van der Waals surface area contributed by atoms with Crippen LogP contribution in [0.2, 0.25) is 0 Å². The van der Waals surface area contributed by atoms with Crippen LogP contribution in [0.5, 0.6) is 5.75 Å². The van der Waals surface area contributed by atoms with E-state index in [1.54, 1.807) is 0 Å². The van der Waals surface area contributed by atoms with Crippen LogP contribution in [0.4, 0.5) is 0 Å². The van der Waals surface area contributed by atoms with Crippen molar-refractivity contribution in [1.82, 2.24) is 15.2 Å². The van der Waals surface area contributed by atoms with E-state index >= 15 is 0 Å². The van der Waals surface area contributed by atoms with Crippen molar-refractivity contribution < 1.29 is 9.53 Å². The van der Waals surface area contributed by atoms with Gasteiger partial charge in [-0.1, -0.05) is 0 Å². The Morgan fingerprint density at radius 2 is 2.00 bits per heavy atom. The SMILES string of the molecule is CCOc1ccc(-c2nc(C(=O)N3CCCNCC3)cs2)cc1.Cl.Cl. The van der Waals surface area contributed by atoms with Crippen LogP contribution in [0.25, 0.3) is 10.6 Å². The fourth-order valence-electron chi connectivity index (χ4n) is 2.58. The number of hydrogen-bond acceptors (Lipinski definition) is 5. The van der Waals surface area contributed by atoms with Crippen LogP contribution in [-0.4, -0.2) is 48.6 Å². The summed E-state index contributed by atoms with van der Waals surface area (Å²) in [5, 5.41) is 6.03. The molecule has 1 aromatic carbocycles. The zero-order chi connectivity index (χ0) is 16.1. The van der Waals surface area contributed by atoms with Gasteiger partial charge in [-0.15, -0.1) is 36.2 Å². The quantitative estimate of drug-likeness (QED) is 0.848. The molecule has 0 aliphatic carbocycles. The number of ether oxygens (including phenoxy) is 1. The third-order valence-electron chi connectivity index (χ3n) is 3.76. The predicted octanol–water partition coefficient (Wildman–Crippen LogP) is 3.49. The van der Waals surface area contributed by atoms with Crippen LogP contribution in [0.15, 0.2) is 29.6 Å². The topological polar surface area (TPSA) is 54.5 Å². The Bertz CT molecular complexity index is 656. The molecule has 1 N–H and O–H groups in total. The maximum absolute atomic E-state index is 12.6. The zero-order valence-electron chi connectivity index (χ0n) is 14.1. The largest absolute Gasteiger partial charge is 0.494 e. The summed E-state index contributed by atoms with van der Waals surface area (Å²) < 4.78 is 5.45. The second-order valence-electron chi connectivity index (χ2n) is 5.39. The molecular weight excluding hydrogens is 381 g/mol. The highest BCUT2D eigenvalue weighted by Crippen LogP contribution is 2.26. The van der Waals surface area contributed by atoms with E-state index in [1.165, 1.54) is 11.3 Å². The Morgan fingerprint density at radius 1 is 1.24 bits per heavy atom. The van der Waals surface area contributed by atoms with E-state index in [9.17, 15) is 4.79 Å². The molecule has 2 aromatic rings. The lowest BCUT2D eigenvalue weighted by Crippen LogP contribution is -2.34. The van der Waals surface area contributed by atoms with Crippen molar-refractivity contribution in [3.8, 4) is 16.3 Å². The lowest BCUT2D eigenvalue weighted by atomic mass is 10.2. The summed E-state index contributed by atoms with van der Waals surface area (Å²) in [4.78, 5) is 19.0. The number of halogens is 2. The number of benzene rings is 1. The van der Waals surface area contributed by atoms with E-state index < -0.39 is 0 Å². The van der Waals surface area contributed by atoms with Crippen molar-refractivity contribution in [2.45, 2.75) is 13.3 Å². The zero-order valence-corrected chi connectivity index (χ0v) is 16.5. The van der Waals surface area contributed by atoms with Crippen molar-refractivity contribution in [3.05, 3.63) is 35.3 Å². The first-order chi connectivity index (χ1) is 11.3. The molecule has 1 saturated heterocycles. The molecule has 1 amide bonds. The van der Waals surface area contributed by atoms with Gasteiger partial charge in [0.15, 0.2) is 0 Å². The van der Waals surface area contributed by atoms with Crippen LogP contribution < -0.4 is 10.1 Å². The molecule has 0 unspecified atom stereocenters. The lowest BCUT2D eigenvalue weighted by Gasteiger charge is -2.18. The minimum atomic E-state index is 0. The Kier molecular flexibility index (Phi) is 9.21. The van der Waals surface area contributed by atoms with Gasteiger partial charge in [0, 0.05) is 30.6 Å². The molecule has 8 heteroatoms. The first kappa shape index (κ1) is 21.7. The summed E-state index contributed by atoms with van der Waals surface area (Å²) in [5.41, 5.74) is 1.55. The van der Waals surface area contributed by atoms with Gasteiger partial charge >= 0.3 is 0 Å². The molecule has 2 heterocycles. The van der Waals surface area contributed by atoms with Crippen molar-refractivity contribution in [2.75, 3.05) is 32.8 Å². The predicted molar refractivity (Wildman–Crippen MR) is 107 cm³/mol. The van der Waals surface area contributed by atoms with Gasteiger partial charge in [0.05, 0.1) is 6.61 Å². The van der Waals surface area contributed by atoms with Gasteiger partial charge in [-0.25, -0.2) is 4.98 Å². The maximum Gasteiger partial charge on any atom is 0.273 e. The molecule has 0 bridgehead atoms. The summed E-state index contributed by atoms with van der Waals surface area (Å²) in [6, 6.07) is 7.83. The third-order valence-corrected chi connectivity index (χ3v) is 4.65. The summed E-state index contributed by atoms with van der Waals surface area (Å²) >= 11 is 1.50. The summed E-state index contributed by atoms with van der Waals surface area (Å²) in [7, 11) is 0. The summed E-state index contributed by atoms with van der Waals surface area (Å²) in [5.74, 6) is 0.878. The molecule has 1 aromatic heterocycles. The van der Waals surface area contributed by atoms with Gasteiger partial charge in [0.2, 0.25) is 0 Å². The smallest absolute Gasteiger partial charge is 0.273 e. The number of hydrogen-bond donors (Lipinski definition) is 1. The van der Waals surface area contributed by atoms with Crippen molar-refractivity contribution in [3.63, 3.8) is 0 Å². The van der Waals surface area contributed by atoms with E-state index in [0.717, 1.165) is 48.9 Å². The van der Waals surface area contributed by atoms with E-state index in [4.69, 9.17) is 4.74 Å². The number of carbonyl (C=O) groups is 1. The monoisotopic (exact) mass is 403 g/mol. The van der Waals surface area contributed by atoms with Crippen molar-refractivity contribution in [1.29, 1.82) is 0 Å². The van der Waals surface area contributed by atoms with Gasteiger partial charge in [-0.05, 0) is 44.2 Å². The fraction of sp³-hybridized carbons (Fsp3) is 0.412. The maximum atomic E-state index is 12.6. The second kappa shape index (κ2) is 10.6. The number of nitrogens with zero attached hydrogens (tertiary/aromatic N) is 2. The molecule has 0 saturated carbocycles. The molecule has 3 rings (SSSR count).